The predicted octanol–water partition coefficient (Wildman–Crippen LogP) is -1.17. The van der Waals surface area contributed by atoms with Gasteiger partial charge in [-0.2, -0.15) is 0 Å². The normalized spacial score (nSPS) is 21.1. The molecule has 3 heterocycles. The smallest absolute Gasteiger partial charge is 0.214 e. The van der Waals surface area contributed by atoms with Crippen LogP contribution < -0.4 is 14.5 Å². The zero-order valence-corrected chi connectivity index (χ0v) is 15.8. The lowest BCUT2D eigenvalue weighted by molar-refractivity contribution is -1.02. The fraction of sp³-hybridized carbons (Fsp3) is 0.421. The van der Waals surface area contributed by atoms with E-state index in [1.54, 1.807) is 18.3 Å². The number of nitrogens with zero attached hydrogens (tertiary/aromatic N) is 4. The molecule has 1 saturated heterocycles. The van der Waals surface area contributed by atoms with E-state index in [4.69, 9.17) is 9.15 Å². The summed E-state index contributed by atoms with van der Waals surface area (Å²) in [6.45, 7) is 4.97. The summed E-state index contributed by atoms with van der Waals surface area (Å²) >= 11 is 0. The van der Waals surface area contributed by atoms with E-state index < -0.39 is 0 Å². The van der Waals surface area contributed by atoms with Crippen LogP contribution >= 0.6 is 0 Å². The van der Waals surface area contributed by atoms with E-state index in [9.17, 15) is 0 Å². The third-order valence-electron chi connectivity index (χ3n) is 5.31. The molecule has 0 radical (unpaired) electrons. The molecule has 0 amide bonds. The molecule has 1 atom stereocenters. The standard InChI is InChI=1S/C19H24N6O2/c1-23-9-11-24(12-10-23)18(15-5-7-16(26-2)8-6-15)19-20-21-22-25(19)14-17-4-3-13-27-17/h3-8,13,18H,9-12,14H2,1-2H3/p+2/t18-/m0/s1. The quantitative estimate of drug-likeness (QED) is 0.572. The number of rotatable bonds is 6. The highest BCUT2D eigenvalue weighted by Crippen LogP contribution is 2.21. The van der Waals surface area contributed by atoms with Gasteiger partial charge >= 0.3 is 0 Å². The molecule has 2 aromatic heterocycles. The molecule has 0 unspecified atom stereocenters. The molecule has 1 aliphatic heterocycles. The molecular formula is C19H26N6O2+2. The lowest BCUT2D eigenvalue weighted by Crippen LogP contribution is -3.27. The summed E-state index contributed by atoms with van der Waals surface area (Å²) in [7, 11) is 3.94. The molecule has 142 valence electrons. The number of piperazine rings is 1. The highest BCUT2D eigenvalue weighted by molar-refractivity contribution is 5.30. The number of nitrogens with one attached hydrogen (secondary N) is 2. The van der Waals surface area contributed by atoms with Gasteiger partial charge in [0, 0.05) is 5.56 Å². The Labute approximate surface area is 158 Å². The molecule has 4 rings (SSSR count). The zero-order chi connectivity index (χ0) is 18.6. The molecule has 3 aromatic rings. The van der Waals surface area contributed by atoms with Crippen LogP contribution in [0.25, 0.3) is 0 Å². The van der Waals surface area contributed by atoms with Crippen LogP contribution in [0.3, 0.4) is 0 Å². The molecule has 8 nitrogen and oxygen atoms in total. The summed E-state index contributed by atoms with van der Waals surface area (Å²) in [5.41, 5.74) is 1.20. The van der Waals surface area contributed by atoms with Crippen LogP contribution in [0.2, 0.25) is 0 Å². The van der Waals surface area contributed by atoms with Crippen LogP contribution in [-0.4, -0.2) is 60.5 Å². The lowest BCUT2D eigenvalue weighted by atomic mass is 10.0. The third kappa shape index (κ3) is 3.86. The van der Waals surface area contributed by atoms with Gasteiger partial charge in [0.25, 0.3) is 0 Å². The summed E-state index contributed by atoms with van der Waals surface area (Å²) in [5.74, 6) is 2.56. The van der Waals surface area contributed by atoms with Crippen molar-refractivity contribution in [3.8, 4) is 5.75 Å². The monoisotopic (exact) mass is 370 g/mol. The van der Waals surface area contributed by atoms with Crippen LogP contribution in [0.1, 0.15) is 23.2 Å². The third-order valence-corrected chi connectivity index (χ3v) is 5.31. The SMILES string of the molecule is COc1ccc([C@@H](c2nnnn2Cc2ccco2)[NH+]2CC[NH+](C)CC2)cc1. The molecule has 0 bridgehead atoms. The van der Waals surface area contributed by atoms with Crippen molar-refractivity contribution in [1.29, 1.82) is 0 Å². The summed E-state index contributed by atoms with van der Waals surface area (Å²) in [4.78, 5) is 3.06. The maximum absolute atomic E-state index is 5.49. The van der Waals surface area contributed by atoms with Crippen molar-refractivity contribution >= 4 is 0 Å². The first-order valence-electron chi connectivity index (χ1n) is 9.33. The number of furan rings is 1. The van der Waals surface area contributed by atoms with Crippen molar-refractivity contribution in [3.05, 3.63) is 59.8 Å². The van der Waals surface area contributed by atoms with Crippen LogP contribution in [0.15, 0.2) is 47.1 Å². The second-order valence-electron chi connectivity index (χ2n) is 7.10. The Kier molecular flexibility index (Phi) is 5.17. The molecule has 1 fully saturated rings. The van der Waals surface area contributed by atoms with E-state index >= 15 is 0 Å². The van der Waals surface area contributed by atoms with Crippen LogP contribution in [0, 0.1) is 0 Å². The minimum atomic E-state index is 0.0777. The summed E-state index contributed by atoms with van der Waals surface area (Å²) in [5, 5.41) is 12.6. The first kappa shape index (κ1) is 17.7. The van der Waals surface area contributed by atoms with Gasteiger partial charge in [-0.05, 0) is 46.8 Å². The van der Waals surface area contributed by atoms with E-state index in [1.807, 2.05) is 28.9 Å². The molecule has 0 spiro atoms. The van der Waals surface area contributed by atoms with Gasteiger partial charge in [0.2, 0.25) is 5.82 Å². The summed E-state index contributed by atoms with van der Waals surface area (Å²) < 4.78 is 12.7. The highest BCUT2D eigenvalue weighted by Gasteiger charge is 2.34. The van der Waals surface area contributed by atoms with E-state index in [0.29, 0.717) is 6.54 Å². The van der Waals surface area contributed by atoms with Crippen molar-refractivity contribution in [2.24, 2.45) is 0 Å². The second kappa shape index (κ2) is 7.89. The Morgan fingerprint density at radius 2 is 1.93 bits per heavy atom. The number of quaternary nitrogens is 2. The number of likely N-dealkylation sites (N-methyl/N-ethyl adjacent to an activating group) is 1. The Morgan fingerprint density at radius 1 is 1.15 bits per heavy atom. The minimum Gasteiger partial charge on any atom is -0.497 e. The molecule has 1 aromatic carbocycles. The second-order valence-corrected chi connectivity index (χ2v) is 7.10. The molecule has 8 heteroatoms. The number of benzene rings is 1. The highest BCUT2D eigenvalue weighted by atomic mass is 16.5. The van der Waals surface area contributed by atoms with E-state index in [-0.39, 0.29) is 6.04 Å². The molecular weight excluding hydrogens is 344 g/mol. The van der Waals surface area contributed by atoms with Gasteiger partial charge in [-0.3, -0.25) is 0 Å². The number of hydrogen-bond donors (Lipinski definition) is 2. The molecule has 0 saturated carbocycles. The van der Waals surface area contributed by atoms with Gasteiger partial charge in [-0.25, -0.2) is 4.68 Å². The zero-order valence-electron chi connectivity index (χ0n) is 15.8. The first-order chi connectivity index (χ1) is 13.2. The number of methoxy groups -OCH3 is 1. The topological polar surface area (TPSA) is 74.8 Å². The Morgan fingerprint density at radius 3 is 2.59 bits per heavy atom. The Balaban J connectivity index is 1.68. The van der Waals surface area contributed by atoms with Gasteiger partial charge in [-0.15, -0.1) is 5.10 Å². The maximum atomic E-state index is 5.49. The van der Waals surface area contributed by atoms with Gasteiger partial charge in [0.15, 0.2) is 6.04 Å². The number of tetrazole rings is 1. The van der Waals surface area contributed by atoms with Gasteiger partial charge in [0.05, 0.1) is 20.4 Å². The number of aromatic nitrogens is 4. The fourth-order valence-electron chi connectivity index (χ4n) is 3.73. The van der Waals surface area contributed by atoms with E-state index in [2.05, 4.69) is 34.7 Å². The van der Waals surface area contributed by atoms with Gasteiger partial charge in [0.1, 0.15) is 44.2 Å². The van der Waals surface area contributed by atoms with Crippen molar-refractivity contribution in [2.75, 3.05) is 40.3 Å². The molecule has 0 aliphatic carbocycles. The van der Waals surface area contributed by atoms with Gasteiger partial charge < -0.3 is 19.0 Å². The average Bonchev–Trinajstić information content (AvgIpc) is 3.37. The van der Waals surface area contributed by atoms with Crippen molar-refractivity contribution in [3.63, 3.8) is 0 Å². The minimum absolute atomic E-state index is 0.0777. The van der Waals surface area contributed by atoms with Crippen LogP contribution in [0.4, 0.5) is 0 Å². The predicted molar refractivity (Wildman–Crippen MR) is 97.8 cm³/mol. The van der Waals surface area contributed by atoms with Crippen molar-refractivity contribution < 1.29 is 19.0 Å². The maximum Gasteiger partial charge on any atom is 0.214 e. The Bertz CT molecular complexity index is 837. The lowest BCUT2D eigenvalue weighted by Gasteiger charge is -2.32. The average molecular weight is 370 g/mol. The largest absolute Gasteiger partial charge is 0.497 e. The number of ether oxygens (including phenoxy) is 1. The van der Waals surface area contributed by atoms with Crippen LogP contribution in [0.5, 0.6) is 5.75 Å². The number of hydrogen-bond acceptors (Lipinski definition) is 5. The molecule has 2 N–H and O–H groups in total. The fourth-order valence-corrected chi connectivity index (χ4v) is 3.73. The molecule has 27 heavy (non-hydrogen) atoms. The van der Waals surface area contributed by atoms with Crippen LogP contribution in [-0.2, 0) is 6.54 Å². The van der Waals surface area contributed by atoms with E-state index in [0.717, 1.165) is 43.5 Å². The molecule has 1 aliphatic rings. The van der Waals surface area contributed by atoms with Gasteiger partial charge in [-0.1, -0.05) is 0 Å². The van der Waals surface area contributed by atoms with E-state index in [1.165, 1.54) is 10.5 Å². The van der Waals surface area contributed by atoms with Crippen molar-refractivity contribution in [2.45, 2.75) is 12.6 Å². The van der Waals surface area contributed by atoms with Crippen molar-refractivity contribution in [1.82, 2.24) is 20.2 Å². The summed E-state index contributed by atoms with van der Waals surface area (Å²) in [6, 6.07) is 12.2. The Hall–Kier alpha value is -2.71. The summed E-state index contributed by atoms with van der Waals surface area (Å²) in [6.07, 6.45) is 1.68. The first-order valence-corrected chi connectivity index (χ1v) is 9.33.